The van der Waals surface area contributed by atoms with Crippen molar-refractivity contribution in [1.29, 1.82) is 0 Å². The van der Waals surface area contributed by atoms with Crippen LogP contribution in [0.25, 0.3) is 0 Å². The largest absolute Gasteiger partial charge is 0.493 e. The van der Waals surface area contributed by atoms with Gasteiger partial charge in [-0.15, -0.1) is 0 Å². The number of rotatable bonds is 6. The molecule has 21 heavy (non-hydrogen) atoms. The molecule has 0 spiro atoms. The van der Waals surface area contributed by atoms with Crippen LogP contribution in [0, 0.1) is 19.8 Å². The fourth-order valence-electron chi connectivity index (χ4n) is 2.19. The zero-order valence-corrected chi connectivity index (χ0v) is 13.1. The van der Waals surface area contributed by atoms with Crippen molar-refractivity contribution in [1.82, 2.24) is 9.78 Å². The number of ether oxygens (including phenoxy) is 1. The first-order valence-corrected chi connectivity index (χ1v) is 7.21. The Kier molecular flexibility index (Phi) is 4.78. The first-order valence-electron chi connectivity index (χ1n) is 7.21. The fourth-order valence-corrected chi connectivity index (χ4v) is 2.19. The Morgan fingerprint density at radius 1 is 1.29 bits per heavy atom. The molecule has 0 unspecified atom stereocenters. The lowest BCUT2D eigenvalue weighted by Crippen LogP contribution is -2.10. The van der Waals surface area contributed by atoms with Gasteiger partial charge in [0, 0.05) is 16.8 Å². The summed E-state index contributed by atoms with van der Waals surface area (Å²) in [6.45, 7) is 9.49. The van der Waals surface area contributed by atoms with E-state index in [4.69, 9.17) is 4.74 Å². The first kappa shape index (κ1) is 15.3. The number of hydrogen-bond donors (Lipinski definition) is 0. The molecule has 1 aromatic heterocycles. The van der Waals surface area contributed by atoms with Crippen LogP contribution < -0.4 is 4.74 Å². The molecule has 1 aromatic carbocycles. The van der Waals surface area contributed by atoms with Crippen molar-refractivity contribution in [2.24, 2.45) is 5.92 Å². The third-order valence-corrected chi connectivity index (χ3v) is 3.22. The number of carbonyl (C=O) groups excluding carboxylic acids is 1. The molecule has 0 saturated heterocycles. The first-order chi connectivity index (χ1) is 9.99. The molecule has 2 rings (SSSR count). The number of aryl methyl sites for hydroxylation is 2. The lowest BCUT2D eigenvalue weighted by atomic mass is 10.1. The zero-order chi connectivity index (χ0) is 15.4. The highest BCUT2D eigenvalue weighted by Crippen LogP contribution is 2.22. The van der Waals surface area contributed by atoms with Crippen LogP contribution in [0.2, 0.25) is 0 Å². The van der Waals surface area contributed by atoms with Crippen molar-refractivity contribution in [3.63, 3.8) is 0 Å². The van der Waals surface area contributed by atoms with E-state index in [1.807, 2.05) is 36.7 Å². The van der Waals surface area contributed by atoms with Crippen LogP contribution in [0.4, 0.5) is 0 Å². The van der Waals surface area contributed by atoms with Crippen LogP contribution in [-0.2, 0) is 6.54 Å². The predicted molar refractivity (Wildman–Crippen MR) is 83.0 cm³/mol. The minimum atomic E-state index is 0.456. The SMILES string of the molecule is Cc1cc(C)n(Cc2cc(C=O)ccc2OCC(C)C)n1. The Bertz CT molecular complexity index is 630. The third kappa shape index (κ3) is 3.94. The summed E-state index contributed by atoms with van der Waals surface area (Å²) in [6, 6.07) is 7.57. The van der Waals surface area contributed by atoms with Gasteiger partial charge < -0.3 is 4.74 Å². The lowest BCUT2D eigenvalue weighted by molar-refractivity contribution is 0.112. The molecular weight excluding hydrogens is 264 g/mol. The maximum Gasteiger partial charge on any atom is 0.150 e. The van der Waals surface area contributed by atoms with E-state index in [0.29, 0.717) is 24.6 Å². The van der Waals surface area contributed by atoms with Crippen molar-refractivity contribution in [2.75, 3.05) is 6.61 Å². The number of hydrogen-bond acceptors (Lipinski definition) is 3. The lowest BCUT2D eigenvalue weighted by Gasteiger charge is -2.14. The summed E-state index contributed by atoms with van der Waals surface area (Å²) < 4.78 is 7.79. The molecule has 2 aromatic rings. The van der Waals surface area contributed by atoms with Gasteiger partial charge in [-0.1, -0.05) is 13.8 Å². The minimum absolute atomic E-state index is 0.456. The quantitative estimate of drug-likeness (QED) is 0.764. The summed E-state index contributed by atoms with van der Waals surface area (Å²) in [5.41, 5.74) is 3.72. The van der Waals surface area contributed by atoms with E-state index >= 15 is 0 Å². The monoisotopic (exact) mass is 286 g/mol. The number of nitrogens with zero attached hydrogens (tertiary/aromatic N) is 2. The molecule has 1 heterocycles. The predicted octanol–water partition coefficient (Wildman–Crippen LogP) is 3.40. The number of carbonyl (C=O) groups is 1. The molecule has 0 aliphatic heterocycles. The van der Waals surface area contributed by atoms with Crippen LogP contribution in [0.15, 0.2) is 24.3 Å². The van der Waals surface area contributed by atoms with Crippen LogP contribution in [0.5, 0.6) is 5.75 Å². The minimum Gasteiger partial charge on any atom is -0.493 e. The maximum atomic E-state index is 11.0. The average molecular weight is 286 g/mol. The van der Waals surface area contributed by atoms with E-state index in [1.165, 1.54) is 0 Å². The molecule has 0 saturated carbocycles. The summed E-state index contributed by atoms with van der Waals surface area (Å²) in [6.07, 6.45) is 0.858. The second-order valence-corrected chi connectivity index (χ2v) is 5.77. The molecule has 0 aliphatic carbocycles. The van der Waals surface area contributed by atoms with E-state index in [1.54, 1.807) is 6.07 Å². The zero-order valence-electron chi connectivity index (χ0n) is 13.1. The van der Waals surface area contributed by atoms with Gasteiger partial charge in [-0.2, -0.15) is 5.10 Å². The Hall–Kier alpha value is -2.10. The average Bonchev–Trinajstić information content (AvgIpc) is 2.75. The highest BCUT2D eigenvalue weighted by atomic mass is 16.5. The van der Waals surface area contributed by atoms with Gasteiger partial charge in [0.1, 0.15) is 12.0 Å². The van der Waals surface area contributed by atoms with Crippen molar-refractivity contribution in [3.05, 3.63) is 46.8 Å². The molecule has 4 heteroatoms. The molecule has 0 amide bonds. The van der Waals surface area contributed by atoms with Gasteiger partial charge in [-0.3, -0.25) is 9.48 Å². The normalized spacial score (nSPS) is 10.9. The molecule has 0 fully saturated rings. The molecule has 0 radical (unpaired) electrons. The van der Waals surface area contributed by atoms with Gasteiger partial charge in [-0.25, -0.2) is 0 Å². The fraction of sp³-hybridized carbons (Fsp3) is 0.412. The third-order valence-electron chi connectivity index (χ3n) is 3.22. The van der Waals surface area contributed by atoms with Crippen LogP contribution >= 0.6 is 0 Å². The second-order valence-electron chi connectivity index (χ2n) is 5.77. The smallest absolute Gasteiger partial charge is 0.150 e. The van der Waals surface area contributed by atoms with E-state index in [-0.39, 0.29) is 0 Å². The topological polar surface area (TPSA) is 44.1 Å². The highest BCUT2D eigenvalue weighted by molar-refractivity contribution is 5.75. The van der Waals surface area contributed by atoms with Crippen molar-refractivity contribution >= 4 is 6.29 Å². The van der Waals surface area contributed by atoms with E-state index in [2.05, 4.69) is 18.9 Å². The van der Waals surface area contributed by atoms with Crippen molar-refractivity contribution in [2.45, 2.75) is 34.2 Å². The standard InChI is InChI=1S/C17H22N2O2/c1-12(2)11-21-17-6-5-15(10-20)8-16(17)9-19-14(4)7-13(3)18-19/h5-8,10,12H,9,11H2,1-4H3. The van der Waals surface area contributed by atoms with Gasteiger partial charge in [0.05, 0.1) is 18.8 Å². The number of aldehydes is 1. The Morgan fingerprint density at radius 2 is 2.05 bits per heavy atom. The van der Waals surface area contributed by atoms with Crippen LogP contribution in [0.1, 0.15) is 41.2 Å². The molecular formula is C17H22N2O2. The summed E-state index contributed by atoms with van der Waals surface area (Å²) in [4.78, 5) is 11.0. The summed E-state index contributed by atoms with van der Waals surface area (Å²) >= 11 is 0. The molecule has 0 atom stereocenters. The number of benzene rings is 1. The van der Waals surface area contributed by atoms with Gasteiger partial charge in [0.15, 0.2) is 0 Å². The van der Waals surface area contributed by atoms with E-state index < -0.39 is 0 Å². The van der Waals surface area contributed by atoms with Crippen LogP contribution in [0.3, 0.4) is 0 Å². The highest BCUT2D eigenvalue weighted by Gasteiger charge is 2.09. The van der Waals surface area contributed by atoms with Gasteiger partial charge in [0.25, 0.3) is 0 Å². The Balaban J connectivity index is 2.29. The number of aromatic nitrogens is 2. The van der Waals surface area contributed by atoms with Gasteiger partial charge >= 0.3 is 0 Å². The molecule has 4 nitrogen and oxygen atoms in total. The molecule has 0 aliphatic rings. The second kappa shape index (κ2) is 6.57. The van der Waals surface area contributed by atoms with Gasteiger partial charge in [-0.05, 0) is 44.0 Å². The summed E-state index contributed by atoms with van der Waals surface area (Å²) in [5, 5.41) is 4.47. The Morgan fingerprint density at radius 3 is 2.62 bits per heavy atom. The summed E-state index contributed by atoms with van der Waals surface area (Å²) in [7, 11) is 0. The Labute approximate surface area is 125 Å². The van der Waals surface area contributed by atoms with Gasteiger partial charge in [0.2, 0.25) is 0 Å². The molecule has 112 valence electrons. The van der Waals surface area contributed by atoms with E-state index in [9.17, 15) is 4.79 Å². The van der Waals surface area contributed by atoms with Crippen molar-refractivity contribution < 1.29 is 9.53 Å². The summed E-state index contributed by atoms with van der Waals surface area (Å²) in [5.74, 6) is 1.28. The van der Waals surface area contributed by atoms with E-state index in [0.717, 1.165) is 29.0 Å². The van der Waals surface area contributed by atoms with Crippen LogP contribution in [-0.4, -0.2) is 22.7 Å². The van der Waals surface area contributed by atoms with Crippen molar-refractivity contribution in [3.8, 4) is 5.75 Å². The molecule has 0 N–H and O–H groups in total. The maximum absolute atomic E-state index is 11.0. The molecule has 0 bridgehead atoms.